The largest absolute Gasteiger partial charge is 0.349 e. The third-order valence-corrected chi connectivity index (χ3v) is 3.03. The molecule has 9 heteroatoms. The van der Waals surface area contributed by atoms with Crippen LogP contribution in [0.25, 0.3) is 0 Å². The summed E-state index contributed by atoms with van der Waals surface area (Å²) in [6.07, 6.45) is 1.46. The van der Waals surface area contributed by atoms with Crippen LogP contribution in [-0.4, -0.2) is 39.9 Å². The number of nitrogens with one attached hydrogen (secondary N) is 1. The Balaban J connectivity index is 2.22. The third kappa shape index (κ3) is 2.38. The Bertz CT molecular complexity index is 497. The second-order valence-electron chi connectivity index (χ2n) is 3.29. The lowest BCUT2D eigenvalue weighted by Gasteiger charge is -2.11. The number of nitro groups is 1. The maximum atomic E-state index is 12.0. The first-order valence-corrected chi connectivity index (χ1v) is 5.61. The summed E-state index contributed by atoms with van der Waals surface area (Å²) in [6.45, 7) is 2.61. The highest BCUT2D eigenvalue weighted by atomic mass is 32.1. The fourth-order valence-corrected chi connectivity index (χ4v) is 2.17. The zero-order valence-electron chi connectivity index (χ0n) is 8.91. The zero-order valence-corrected chi connectivity index (χ0v) is 9.73. The lowest BCUT2D eigenvalue weighted by Crippen LogP contribution is -2.35. The van der Waals surface area contributed by atoms with Crippen molar-refractivity contribution in [2.75, 3.05) is 13.1 Å². The second-order valence-corrected chi connectivity index (χ2v) is 4.52. The maximum absolute atomic E-state index is 12.0. The molecule has 1 aromatic heterocycles. The smallest absolute Gasteiger partial charge is 0.278 e. The van der Waals surface area contributed by atoms with Gasteiger partial charge in [0.2, 0.25) is 0 Å². The van der Waals surface area contributed by atoms with Crippen molar-refractivity contribution in [3.05, 3.63) is 26.2 Å². The summed E-state index contributed by atoms with van der Waals surface area (Å²) in [5.74, 6) is -0.341. The fourth-order valence-electron chi connectivity index (χ4n) is 1.44. The average molecular weight is 255 g/mol. The Labute approximate surface area is 100 Å². The number of hydrogen-bond donors (Lipinski definition) is 1. The minimum Gasteiger partial charge on any atom is -0.349 e. The van der Waals surface area contributed by atoms with Crippen LogP contribution >= 0.6 is 11.3 Å². The lowest BCUT2D eigenvalue weighted by molar-refractivity contribution is -0.485. The van der Waals surface area contributed by atoms with Crippen LogP contribution in [0.15, 0.2) is 11.3 Å². The zero-order chi connectivity index (χ0) is 12.4. The molecule has 0 saturated carbocycles. The van der Waals surface area contributed by atoms with Gasteiger partial charge in [0.05, 0.1) is 11.2 Å². The van der Waals surface area contributed by atoms with Gasteiger partial charge in [0.1, 0.15) is 9.98 Å². The van der Waals surface area contributed by atoms with Crippen LogP contribution in [0.4, 0.5) is 0 Å². The number of rotatable bonds is 2. The standard InChI is InChI=1S/C8H9N5O3S/c1-5-10-4-6(17-5)7(14)12-3-2-9-8(12)11-13(15)16/h4H,2-3H2,1H3,(H,9,11). The van der Waals surface area contributed by atoms with Gasteiger partial charge in [0, 0.05) is 13.1 Å². The molecule has 1 N–H and O–H groups in total. The quantitative estimate of drug-likeness (QED) is 0.594. The van der Waals surface area contributed by atoms with Crippen molar-refractivity contribution in [2.45, 2.75) is 6.92 Å². The van der Waals surface area contributed by atoms with E-state index < -0.39 is 5.03 Å². The van der Waals surface area contributed by atoms with Gasteiger partial charge in [-0.1, -0.05) is 0 Å². The van der Waals surface area contributed by atoms with Gasteiger partial charge in [-0.2, -0.15) is 0 Å². The summed E-state index contributed by atoms with van der Waals surface area (Å²) in [6, 6.07) is 0. The van der Waals surface area contributed by atoms with Crippen LogP contribution in [0, 0.1) is 17.0 Å². The molecule has 1 aromatic rings. The summed E-state index contributed by atoms with van der Waals surface area (Å²) < 4.78 is 0. The Morgan fingerprint density at radius 2 is 2.53 bits per heavy atom. The van der Waals surface area contributed by atoms with Gasteiger partial charge >= 0.3 is 0 Å². The van der Waals surface area contributed by atoms with Crippen LogP contribution in [0.2, 0.25) is 0 Å². The molecule has 90 valence electrons. The van der Waals surface area contributed by atoms with Gasteiger partial charge in [-0.3, -0.25) is 9.69 Å². The molecule has 0 spiro atoms. The van der Waals surface area contributed by atoms with Gasteiger partial charge in [-0.15, -0.1) is 11.3 Å². The van der Waals surface area contributed by atoms with E-state index in [9.17, 15) is 14.9 Å². The van der Waals surface area contributed by atoms with E-state index in [1.54, 1.807) is 6.92 Å². The van der Waals surface area contributed by atoms with E-state index in [4.69, 9.17) is 0 Å². The number of hydrazone groups is 1. The second kappa shape index (κ2) is 4.45. The number of aryl methyl sites for hydroxylation is 1. The number of nitrogens with zero attached hydrogens (tertiary/aromatic N) is 4. The van der Waals surface area contributed by atoms with E-state index in [0.29, 0.717) is 18.0 Å². The van der Waals surface area contributed by atoms with Crippen molar-refractivity contribution in [3.8, 4) is 0 Å². The van der Waals surface area contributed by atoms with Gasteiger partial charge in [0.25, 0.3) is 11.9 Å². The minimum absolute atomic E-state index is 0.0222. The highest BCUT2D eigenvalue weighted by Gasteiger charge is 2.29. The number of carbonyl (C=O) groups excluding carboxylic acids is 1. The van der Waals surface area contributed by atoms with Crippen LogP contribution in [0.3, 0.4) is 0 Å². The number of aromatic nitrogens is 1. The van der Waals surface area contributed by atoms with Crippen LogP contribution in [0.1, 0.15) is 14.7 Å². The monoisotopic (exact) mass is 255 g/mol. The minimum atomic E-state index is -0.828. The molecule has 0 radical (unpaired) electrons. The van der Waals surface area contributed by atoms with Crippen LogP contribution in [-0.2, 0) is 0 Å². The van der Waals surface area contributed by atoms with Gasteiger partial charge in [0.15, 0.2) is 5.03 Å². The molecule has 0 atom stereocenters. The Hall–Kier alpha value is -2.03. The first-order chi connectivity index (χ1) is 8.08. The molecule has 17 heavy (non-hydrogen) atoms. The predicted molar refractivity (Wildman–Crippen MR) is 60.3 cm³/mol. The summed E-state index contributed by atoms with van der Waals surface area (Å²) in [5.41, 5.74) is 0. The molecule has 1 aliphatic rings. The van der Waals surface area contributed by atoms with Crippen LogP contribution < -0.4 is 5.32 Å². The number of thiazole rings is 1. The molecule has 1 saturated heterocycles. The molecule has 1 fully saturated rings. The average Bonchev–Trinajstić information content (AvgIpc) is 2.85. The highest BCUT2D eigenvalue weighted by Crippen LogP contribution is 2.15. The van der Waals surface area contributed by atoms with Crippen molar-refractivity contribution in [1.29, 1.82) is 0 Å². The molecule has 0 bridgehead atoms. The summed E-state index contributed by atoms with van der Waals surface area (Å²) in [7, 11) is 0. The molecule has 8 nitrogen and oxygen atoms in total. The molecular weight excluding hydrogens is 246 g/mol. The maximum Gasteiger partial charge on any atom is 0.278 e. The first kappa shape index (κ1) is 11.5. The third-order valence-electron chi connectivity index (χ3n) is 2.13. The molecule has 1 aliphatic heterocycles. The van der Waals surface area contributed by atoms with Crippen molar-refractivity contribution >= 4 is 23.2 Å². The first-order valence-electron chi connectivity index (χ1n) is 4.79. The summed E-state index contributed by atoms with van der Waals surface area (Å²) >= 11 is 1.25. The predicted octanol–water partition coefficient (Wildman–Crippen LogP) is 0.0446. The van der Waals surface area contributed by atoms with E-state index in [1.807, 2.05) is 0 Å². The number of hydrogen-bond acceptors (Lipinski definition) is 5. The Kier molecular flexibility index (Phi) is 3.00. The molecule has 0 aromatic carbocycles. The van der Waals surface area contributed by atoms with Crippen molar-refractivity contribution in [1.82, 2.24) is 15.2 Å². The lowest BCUT2D eigenvalue weighted by atomic mass is 10.4. The molecule has 2 rings (SSSR count). The van der Waals surface area contributed by atoms with Crippen molar-refractivity contribution in [3.63, 3.8) is 0 Å². The molecular formula is C8H9N5O3S. The number of carbonyl (C=O) groups is 1. The fraction of sp³-hybridized carbons (Fsp3) is 0.375. The van der Waals surface area contributed by atoms with E-state index in [0.717, 1.165) is 5.01 Å². The topological polar surface area (TPSA) is 101 Å². The summed E-state index contributed by atoms with van der Waals surface area (Å²) in [5, 5.41) is 16.1. The van der Waals surface area contributed by atoms with E-state index in [-0.39, 0.29) is 11.9 Å². The van der Waals surface area contributed by atoms with Gasteiger partial charge in [-0.05, 0) is 6.92 Å². The van der Waals surface area contributed by atoms with E-state index >= 15 is 0 Å². The van der Waals surface area contributed by atoms with Crippen molar-refractivity contribution < 1.29 is 9.83 Å². The Morgan fingerprint density at radius 1 is 1.76 bits per heavy atom. The van der Waals surface area contributed by atoms with Crippen LogP contribution in [0.5, 0.6) is 0 Å². The normalized spacial score (nSPS) is 17.2. The molecule has 0 aliphatic carbocycles. The molecule has 2 heterocycles. The van der Waals surface area contributed by atoms with E-state index in [1.165, 1.54) is 22.4 Å². The number of amides is 1. The molecule has 1 amide bonds. The summed E-state index contributed by atoms with van der Waals surface area (Å²) in [4.78, 5) is 28.0. The molecule has 0 unspecified atom stereocenters. The number of guanidine groups is 1. The van der Waals surface area contributed by atoms with Gasteiger partial charge < -0.3 is 5.32 Å². The van der Waals surface area contributed by atoms with E-state index in [2.05, 4.69) is 15.4 Å². The van der Waals surface area contributed by atoms with Gasteiger partial charge in [-0.25, -0.2) is 15.1 Å². The Morgan fingerprint density at radius 3 is 3.12 bits per heavy atom. The highest BCUT2D eigenvalue weighted by molar-refractivity contribution is 7.13. The SMILES string of the molecule is Cc1ncc(C(=O)N2CCN/C2=N/[N+](=O)[O-])s1. The van der Waals surface area contributed by atoms with Crippen molar-refractivity contribution in [2.24, 2.45) is 5.10 Å².